The molecule has 1 atom stereocenters. The summed E-state index contributed by atoms with van der Waals surface area (Å²) in [6.45, 7) is 3.48. The molecule has 0 amide bonds. The lowest BCUT2D eigenvalue weighted by Gasteiger charge is -2.21. The summed E-state index contributed by atoms with van der Waals surface area (Å²) in [4.78, 5) is 10.6. The second kappa shape index (κ2) is 3.98. The molecule has 2 heterocycles. The predicted molar refractivity (Wildman–Crippen MR) is 52.7 cm³/mol. The molecule has 0 radical (unpaired) electrons. The van der Waals surface area contributed by atoms with Gasteiger partial charge in [0.2, 0.25) is 0 Å². The molecule has 0 bridgehead atoms. The van der Waals surface area contributed by atoms with Crippen LogP contribution >= 0.6 is 12.4 Å². The van der Waals surface area contributed by atoms with E-state index in [0.29, 0.717) is 12.6 Å². The van der Waals surface area contributed by atoms with E-state index in [1.54, 1.807) is 10.7 Å². The van der Waals surface area contributed by atoms with Crippen molar-refractivity contribution in [3.05, 3.63) is 17.5 Å². The molecular weight excluding hydrogens is 206 g/mol. The Morgan fingerprint density at radius 3 is 3.14 bits per heavy atom. The van der Waals surface area contributed by atoms with Crippen molar-refractivity contribution in [2.45, 2.75) is 26.1 Å². The van der Waals surface area contributed by atoms with Crippen LogP contribution in [0, 0.1) is 0 Å². The molecule has 0 spiro atoms. The minimum Gasteiger partial charge on any atom is -0.476 e. The minimum absolute atomic E-state index is 0. The summed E-state index contributed by atoms with van der Waals surface area (Å²) in [6, 6.07) is 1.97. The van der Waals surface area contributed by atoms with Crippen molar-refractivity contribution in [2.24, 2.45) is 0 Å². The number of nitrogens with one attached hydrogen (secondary N) is 1. The molecule has 2 N–H and O–H groups in total. The van der Waals surface area contributed by atoms with Crippen LogP contribution in [0.15, 0.2) is 6.07 Å². The minimum atomic E-state index is -0.963. The van der Waals surface area contributed by atoms with Gasteiger partial charge in [-0.05, 0) is 13.0 Å². The van der Waals surface area contributed by atoms with Crippen LogP contribution in [-0.4, -0.2) is 26.9 Å². The Morgan fingerprint density at radius 1 is 1.79 bits per heavy atom. The van der Waals surface area contributed by atoms with Crippen molar-refractivity contribution in [1.29, 1.82) is 0 Å². The third kappa shape index (κ3) is 1.88. The lowest BCUT2D eigenvalue weighted by atomic mass is 10.2. The Bertz CT molecular complexity index is 350. The lowest BCUT2D eigenvalue weighted by molar-refractivity contribution is 0.0689. The Kier molecular flexibility index (Phi) is 3.13. The van der Waals surface area contributed by atoms with Crippen LogP contribution in [0.1, 0.15) is 23.1 Å². The first-order valence-corrected chi connectivity index (χ1v) is 4.20. The quantitative estimate of drug-likeness (QED) is 0.719. The van der Waals surface area contributed by atoms with Gasteiger partial charge in [0, 0.05) is 12.6 Å². The van der Waals surface area contributed by atoms with Gasteiger partial charge in [0.15, 0.2) is 5.69 Å². The summed E-state index contributed by atoms with van der Waals surface area (Å²) in [5, 5.41) is 15.9. The second-order valence-corrected chi connectivity index (χ2v) is 3.29. The van der Waals surface area contributed by atoms with Gasteiger partial charge in [-0.25, -0.2) is 4.79 Å². The highest BCUT2D eigenvalue weighted by Gasteiger charge is 2.18. The lowest BCUT2D eigenvalue weighted by Crippen LogP contribution is -2.36. The van der Waals surface area contributed by atoms with Gasteiger partial charge in [-0.2, -0.15) is 5.10 Å². The molecule has 1 aromatic heterocycles. The van der Waals surface area contributed by atoms with Gasteiger partial charge in [-0.3, -0.25) is 4.68 Å². The van der Waals surface area contributed by atoms with Crippen LogP contribution in [0.5, 0.6) is 0 Å². The Balaban J connectivity index is 0.000000980. The Hall–Kier alpha value is -1.07. The van der Waals surface area contributed by atoms with Crippen LogP contribution < -0.4 is 5.32 Å². The molecule has 0 saturated carbocycles. The van der Waals surface area contributed by atoms with Crippen LogP contribution in [-0.2, 0) is 13.1 Å². The number of aromatic carboxylic acids is 1. The third-order valence-electron chi connectivity index (χ3n) is 2.16. The molecule has 1 aliphatic rings. The summed E-state index contributed by atoms with van der Waals surface area (Å²) >= 11 is 0. The second-order valence-electron chi connectivity index (χ2n) is 3.29. The Labute approximate surface area is 87.5 Å². The van der Waals surface area contributed by atoms with E-state index in [2.05, 4.69) is 10.4 Å². The van der Waals surface area contributed by atoms with Crippen LogP contribution in [0.2, 0.25) is 0 Å². The molecule has 1 aliphatic heterocycles. The zero-order chi connectivity index (χ0) is 9.42. The van der Waals surface area contributed by atoms with E-state index in [1.165, 1.54) is 0 Å². The highest BCUT2D eigenvalue weighted by atomic mass is 35.5. The number of hydrogen-bond acceptors (Lipinski definition) is 3. The van der Waals surface area contributed by atoms with Crippen LogP contribution in [0.25, 0.3) is 0 Å². The fourth-order valence-corrected chi connectivity index (χ4v) is 1.46. The van der Waals surface area contributed by atoms with Gasteiger partial charge in [0.05, 0.1) is 12.2 Å². The number of carbonyl (C=O) groups is 1. The van der Waals surface area contributed by atoms with Crippen molar-refractivity contribution < 1.29 is 9.90 Å². The maximum atomic E-state index is 10.6. The molecular formula is C8H12ClN3O2. The molecule has 0 aliphatic carbocycles. The fourth-order valence-electron chi connectivity index (χ4n) is 1.46. The number of halogens is 1. The van der Waals surface area contributed by atoms with Crippen molar-refractivity contribution in [2.75, 3.05) is 0 Å². The van der Waals surface area contributed by atoms with Gasteiger partial charge in [-0.15, -0.1) is 12.4 Å². The number of carboxylic acids is 1. The van der Waals surface area contributed by atoms with E-state index in [0.717, 1.165) is 12.2 Å². The molecule has 6 heteroatoms. The van der Waals surface area contributed by atoms with Gasteiger partial charge in [-0.1, -0.05) is 0 Å². The van der Waals surface area contributed by atoms with Gasteiger partial charge >= 0.3 is 5.97 Å². The number of hydrogen-bond donors (Lipinski definition) is 2. The average Bonchev–Trinajstić information content (AvgIpc) is 2.46. The first kappa shape index (κ1) is 11.0. The zero-order valence-electron chi connectivity index (χ0n) is 7.73. The van der Waals surface area contributed by atoms with E-state index in [9.17, 15) is 4.79 Å². The molecule has 78 valence electrons. The number of nitrogens with zero attached hydrogens (tertiary/aromatic N) is 2. The van der Waals surface area contributed by atoms with Gasteiger partial charge in [0.25, 0.3) is 0 Å². The summed E-state index contributed by atoms with van der Waals surface area (Å²) < 4.78 is 1.75. The maximum absolute atomic E-state index is 10.6. The molecule has 2 rings (SSSR count). The highest BCUT2D eigenvalue weighted by Crippen LogP contribution is 2.10. The van der Waals surface area contributed by atoms with Crippen molar-refractivity contribution >= 4 is 18.4 Å². The van der Waals surface area contributed by atoms with Crippen molar-refractivity contribution in [3.63, 3.8) is 0 Å². The summed E-state index contributed by atoms with van der Waals surface area (Å²) in [5.74, 6) is -0.963. The van der Waals surface area contributed by atoms with E-state index in [4.69, 9.17) is 5.11 Å². The van der Waals surface area contributed by atoms with Crippen molar-refractivity contribution in [1.82, 2.24) is 15.1 Å². The molecule has 14 heavy (non-hydrogen) atoms. The third-order valence-corrected chi connectivity index (χ3v) is 2.16. The smallest absolute Gasteiger partial charge is 0.356 e. The predicted octanol–water partition coefficient (Wildman–Crippen LogP) is 0.495. The summed E-state index contributed by atoms with van der Waals surface area (Å²) in [5.41, 5.74) is 1.07. The standard InChI is InChI=1S/C8H11N3O2.ClH/c1-5-4-11-6(3-9-5)2-7(10-11)8(12)13;/h2,5,9H,3-4H2,1H3,(H,12,13);1H. The highest BCUT2D eigenvalue weighted by molar-refractivity contribution is 5.85. The van der Waals surface area contributed by atoms with Crippen molar-refractivity contribution in [3.8, 4) is 0 Å². The topological polar surface area (TPSA) is 67.2 Å². The van der Waals surface area contributed by atoms with Crippen LogP contribution in [0.3, 0.4) is 0 Å². The van der Waals surface area contributed by atoms with Crippen LogP contribution in [0.4, 0.5) is 0 Å². The van der Waals surface area contributed by atoms with Gasteiger partial charge in [0.1, 0.15) is 0 Å². The zero-order valence-corrected chi connectivity index (χ0v) is 8.54. The average molecular weight is 218 g/mol. The first-order chi connectivity index (χ1) is 6.16. The number of fused-ring (bicyclic) bond motifs is 1. The normalized spacial score (nSPS) is 19.6. The molecule has 5 nitrogen and oxygen atoms in total. The number of rotatable bonds is 1. The van der Waals surface area contributed by atoms with Gasteiger partial charge < -0.3 is 10.4 Å². The van der Waals surface area contributed by atoms with E-state index in [1.807, 2.05) is 6.92 Å². The molecule has 1 unspecified atom stereocenters. The number of carboxylic acid groups (broad SMARTS) is 1. The molecule has 0 saturated heterocycles. The summed E-state index contributed by atoms with van der Waals surface area (Å²) in [6.07, 6.45) is 0. The fraction of sp³-hybridized carbons (Fsp3) is 0.500. The monoisotopic (exact) mass is 217 g/mol. The Morgan fingerprint density at radius 2 is 2.50 bits per heavy atom. The molecule has 1 aromatic rings. The molecule has 0 aromatic carbocycles. The molecule has 0 fully saturated rings. The van der Waals surface area contributed by atoms with E-state index in [-0.39, 0.29) is 18.1 Å². The van der Waals surface area contributed by atoms with E-state index >= 15 is 0 Å². The number of aromatic nitrogens is 2. The summed E-state index contributed by atoms with van der Waals surface area (Å²) in [7, 11) is 0. The SMILES string of the molecule is CC1Cn2nc(C(=O)O)cc2CN1.Cl. The van der Waals surface area contributed by atoms with E-state index < -0.39 is 5.97 Å². The largest absolute Gasteiger partial charge is 0.476 e. The maximum Gasteiger partial charge on any atom is 0.356 e. The first-order valence-electron chi connectivity index (χ1n) is 4.20.